The molecule has 1 N–H and O–H groups in total. The molecule has 0 atom stereocenters. The first-order valence-electron chi connectivity index (χ1n) is 6.20. The van der Waals surface area contributed by atoms with E-state index in [2.05, 4.69) is 9.97 Å². The quantitative estimate of drug-likeness (QED) is 0.480. The van der Waals surface area contributed by atoms with Gasteiger partial charge in [0.25, 0.3) is 5.56 Å². The van der Waals surface area contributed by atoms with Crippen LogP contribution in [0.5, 0.6) is 5.75 Å². The van der Waals surface area contributed by atoms with Crippen LogP contribution in [0, 0.1) is 0 Å². The molecule has 1 heterocycles. The molecule has 1 aromatic heterocycles. The van der Waals surface area contributed by atoms with Crippen molar-refractivity contribution in [1.29, 1.82) is 0 Å². The van der Waals surface area contributed by atoms with Gasteiger partial charge >= 0.3 is 0 Å². The van der Waals surface area contributed by atoms with Gasteiger partial charge in [-0.25, -0.2) is 4.98 Å². The number of benzene rings is 1. The maximum Gasteiger partial charge on any atom is 0.251 e. The van der Waals surface area contributed by atoms with Gasteiger partial charge in [-0.2, -0.15) is 0 Å². The Morgan fingerprint density at radius 3 is 2.79 bits per heavy atom. The second-order valence-electron chi connectivity index (χ2n) is 3.96. The molecule has 100 valence electrons. The molecule has 0 amide bonds. The minimum absolute atomic E-state index is 0.107. The molecule has 0 fully saturated rings. The van der Waals surface area contributed by atoms with Gasteiger partial charge in [-0.1, -0.05) is 30.0 Å². The van der Waals surface area contributed by atoms with Crippen molar-refractivity contribution in [3.8, 4) is 5.75 Å². The Labute approximate surface area is 116 Å². The Hall–Kier alpha value is -1.75. The summed E-state index contributed by atoms with van der Waals surface area (Å²) in [6.45, 7) is 0.712. The predicted octanol–water partition coefficient (Wildman–Crippen LogP) is 2.72. The van der Waals surface area contributed by atoms with Crippen LogP contribution in [-0.4, -0.2) is 22.3 Å². The van der Waals surface area contributed by atoms with Gasteiger partial charge in [-0.15, -0.1) is 0 Å². The zero-order chi connectivity index (χ0) is 13.3. The number of H-pyrrole nitrogens is 1. The van der Waals surface area contributed by atoms with Crippen LogP contribution < -0.4 is 10.3 Å². The van der Waals surface area contributed by atoms with Crippen molar-refractivity contribution < 1.29 is 4.74 Å². The average molecular weight is 276 g/mol. The molecule has 5 heteroatoms. The van der Waals surface area contributed by atoms with E-state index in [1.54, 1.807) is 11.8 Å². The SMILES string of the molecule is O=c1ccnc(SCCCCOc2ccccc2)[nH]1. The van der Waals surface area contributed by atoms with Crippen molar-refractivity contribution >= 4 is 11.8 Å². The number of nitrogens with zero attached hydrogens (tertiary/aromatic N) is 1. The molecule has 0 aliphatic rings. The highest BCUT2D eigenvalue weighted by atomic mass is 32.2. The Balaban J connectivity index is 1.59. The summed E-state index contributed by atoms with van der Waals surface area (Å²) < 4.78 is 5.59. The Bertz CT molecular complexity index is 542. The minimum Gasteiger partial charge on any atom is -0.494 e. The lowest BCUT2D eigenvalue weighted by atomic mass is 10.3. The second kappa shape index (κ2) is 7.63. The van der Waals surface area contributed by atoms with Gasteiger partial charge in [0, 0.05) is 18.0 Å². The number of thioether (sulfide) groups is 1. The summed E-state index contributed by atoms with van der Waals surface area (Å²) in [6.07, 6.45) is 3.54. The summed E-state index contributed by atoms with van der Waals surface area (Å²) in [5, 5.41) is 0.677. The normalized spacial score (nSPS) is 10.3. The van der Waals surface area contributed by atoms with Crippen LogP contribution in [0.4, 0.5) is 0 Å². The van der Waals surface area contributed by atoms with Gasteiger partial charge in [0.15, 0.2) is 5.16 Å². The van der Waals surface area contributed by atoms with Gasteiger partial charge in [0.2, 0.25) is 0 Å². The van der Waals surface area contributed by atoms with E-state index in [-0.39, 0.29) is 5.56 Å². The van der Waals surface area contributed by atoms with Gasteiger partial charge in [-0.05, 0) is 25.0 Å². The van der Waals surface area contributed by atoms with Gasteiger partial charge in [0.1, 0.15) is 5.75 Å². The van der Waals surface area contributed by atoms with E-state index in [0.717, 1.165) is 24.3 Å². The number of aromatic amines is 1. The number of para-hydroxylation sites is 1. The predicted molar refractivity (Wildman–Crippen MR) is 76.8 cm³/mol. The molecule has 0 spiro atoms. The van der Waals surface area contributed by atoms with E-state index in [4.69, 9.17) is 4.74 Å². The zero-order valence-corrected chi connectivity index (χ0v) is 11.4. The summed E-state index contributed by atoms with van der Waals surface area (Å²) in [5.74, 6) is 1.83. The lowest BCUT2D eigenvalue weighted by molar-refractivity contribution is 0.310. The Kier molecular flexibility index (Phi) is 5.49. The van der Waals surface area contributed by atoms with Crippen molar-refractivity contribution in [3.63, 3.8) is 0 Å². The summed E-state index contributed by atoms with van der Waals surface area (Å²) in [7, 11) is 0. The number of rotatable bonds is 7. The summed E-state index contributed by atoms with van der Waals surface area (Å²) in [6, 6.07) is 11.2. The maximum atomic E-state index is 11.1. The third-order valence-electron chi connectivity index (χ3n) is 2.44. The number of ether oxygens (including phenoxy) is 1. The van der Waals surface area contributed by atoms with E-state index in [9.17, 15) is 4.79 Å². The summed E-state index contributed by atoms with van der Waals surface area (Å²) in [5.41, 5.74) is -0.107. The second-order valence-corrected chi connectivity index (χ2v) is 5.04. The largest absolute Gasteiger partial charge is 0.494 e. The van der Waals surface area contributed by atoms with E-state index >= 15 is 0 Å². The van der Waals surface area contributed by atoms with Crippen molar-refractivity contribution in [3.05, 3.63) is 52.9 Å². The molecule has 19 heavy (non-hydrogen) atoms. The molecule has 0 saturated heterocycles. The highest BCUT2D eigenvalue weighted by molar-refractivity contribution is 7.99. The van der Waals surface area contributed by atoms with Crippen LogP contribution in [0.2, 0.25) is 0 Å². The molecule has 0 aliphatic heterocycles. The summed E-state index contributed by atoms with van der Waals surface area (Å²) >= 11 is 1.56. The molecule has 0 saturated carbocycles. The first-order valence-corrected chi connectivity index (χ1v) is 7.19. The minimum atomic E-state index is -0.107. The smallest absolute Gasteiger partial charge is 0.251 e. The third-order valence-corrected chi connectivity index (χ3v) is 3.41. The van der Waals surface area contributed by atoms with Crippen LogP contribution in [0.1, 0.15) is 12.8 Å². The van der Waals surface area contributed by atoms with Gasteiger partial charge in [0.05, 0.1) is 6.61 Å². The van der Waals surface area contributed by atoms with Crippen molar-refractivity contribution in [2.75, 3.05) is 12.4 Å². The molecule has 0 aliphatic carbocycles. The lowest BCUT2D eigenvalue weighted by Crippen LogP contribution is -2.05. The van der Waals surface area contributed by atoms with Crippen LogP contribution in [0.25, 0.3) is 0 Å². The Morgan fingerprint density at radius 1 is 1.16 bits per heavy atom. The van der Waals surface area contributed by atoms with Crippen LogP contribution in [0.3, 0.4) is 0 Å². The first kappa shape index (κ1) is 13.7. The fraction of sp³-hybridized carbons (Fsp3) is 0.286. The topological polar surface area (TPSA) is 55.0 Å². The monoisotopic (exact) mass is 276 g/mol. The molecular formula is C14H16N2O2S. The maximum absolute atomic E-state index is 11.1. The molecule has 4 nitrogen and oxygen atoms in total. The summed E-state index contributed by atoms with van der Waals surface area (Å²) in [4.78, 5) is 17.8. The molecule has 0 bridgehead atoms. The Morgan fingerprint density at radius 2 is 2.00 bits per heavy atom. The van der Waals surface area contributed by atoms with E-state index < -0.39 is 0 Å². The highest BCUT2D eigenvalue weighted by Gasteiger charge is 1.97. The van der Waals surface area contributed by atoms with Crippen LogP contribution in [0.15, 0.2) is 52.5 Å². The fourth-order valence-corrected chi connectivity index (χ4v) is 2.36. The van der Waals surface area contributed by atoms with E-state index in [1.807, 2.05) is 30.3 Å². The van der Waals surface area contributed by atoms with Gasteiger partial charge in [-0.3, -0.25) is 4.79 Å². The molecule has 2 rings (SSSR count). The average Bonchev–Trinajstić information content (AvgIpc) is 2.44. The molecule has 1 aromatic carbocycles. The molecule has 0 radical (unpaired) electrons. The number of unbranched alkanes of at least 4 members (excludes halogenated alkanes) is 1. The zero-order valence-electron chi connectivity index (χ0n) is 10.5. The number of nitrogens with one attached hydrogen (secondary N) is 1. The number of hydrogen-bond donors (Lipinski definition) is 1. The van der Waals surface area contributed by atoms with E-state index in [0.29, 0.717) is 11.8 Å². The van der Waals surface area contributed by atoms with E-state index in [1.165, 1.54) is 12.3 Å². The molecule has 2 aromatic rings. The van der Waals surface area contributed by atoms with Crippen LogP contribution in [-0.2, 0) is 0 Å². The number of aromatic nitrogens is 2. The van der Waals surface area contributed by atoms with Crippen LogP contribution >= 0.6 is 11.8 Å². The van der Waals surface area contributed by atoms with Crippen molar-refractivity contribution in [2.24, 2.45) is 0 Å². The highest BCUT2D eigenvalue weighted by Crippen LogP contribution is 2.13. The van der Waals surface area contributed by atoms with Crippen molar-refractivity contribution in [2.45, 2.75) is 18.0 Å². The number of hydrogen-bond acceptors (Lipinski definition) is 4. The fourth-order valence-electron chi connectivity index (χ4n) is 1.51. The van der Waals surface area contributed by atoms with Gasteiger partial charge < -0.3 is 9.72 Å². The third kappa shape index (κ3) is 5.18. The molecular weight excluding hydrogens is 260 g/mol. The van der Waals surface area contributed by atoms with Crippen molar-refractivity contribution in [1.82, 2.24) is 9.97 Å². The lowest BCUT2D eigenvalue weighted by Gasteiger charge is -2.05. The standard InChI is InChI=1S/C14H16N2O2S/c17-13-8-9-15-14(16-13)19-11-5-4-10-18-12-6-2-1-3-7-12/h1-3,6-9H,4-5,10-11H2,(H,15,16,17). The molecule has 0 unspecified atom stereocenters. The first-order chi connectivity index (χ1) is 9.34.